The molecule has 0 saturated carbocycles. The van der Waals surface area contributed by atoms with Gasteiger partial charge in [-0.3, -0.25) is 9.48 Å². The Bertz CT molecular complexity index is 496. The first kappa shape index (κ1) is 13.9. The van der Waals surface area contributed by atoms with E-state index in [1.165, 1.54) is 0 Å². The van der Waals surface area contributed by atoms with Crippen molar-refractivity contribution in [3.05, 3.63) is 17.0 Å². The smallest absolute Gasteiger partial charge is 0.435 e. The lowest BCUT2D eigenvalue weighted by atomic mass is 10.2. The van der Waals surface area contributed by atoms with Gasteiger partial charge in [0.25, 0.3) is 0 Å². The van der Waals surface area contributed by atoms with Gasteiger partial charge in [-0.05, 0) is 19.8 Å². The van der Waals surface area contributed by atoms with Gasteiger partial charge in [-0.25, -0.2) is 0 Å². The van der Waals surface area contributed by atoms with E-state index in [0.29, 0.717) is 0 Å². The van der Waals surface area contributed by atoms with E-state index in [4.69, 9.17) is 0 Å². The summed E-state index contributed by atoms with van der Waals surface area (Å²) in [6.45, 7) is 1.31. The van der Waals surface area contributed by atoms with Gasteiger partial charge in [-0.15, -0.1) is 0 Å². The minimum absolute atomic E-state index is 0.0238. The standard InChI is InChI=1S/C11H13F3N2O3/c1-2-19-8(18)5-16-9-6(3-4-7(9)17)10(15-16)11(12,13)14/h7,17H,2-5H2,1H3. The number of alkyl halides is 3. The molecule has 1 aromatic heterocycles. The lowest BCUT2D eigenvalue weighted by Gasteiger charge is -2.08. The molecule has 0 bridgehead atoms. The molecule has 19 heavy (non-hydrogen) atoms. The number of nitrogens with zero attached hydrogens (tertiary/aromatic N) is 2. The average molecular weight is 278 g/mol. The summed E-state index contributed by atoms with van der Waals surface area (Å²) >= 11 is 0. The highest BCUT2D eigenvalue weighted by Crippen LogP contribution is 2.40. The summed E-state index contributed by atoms with van der Waals surface area (Å²) in [4.78, 5) is 11.3. The normalized spacial score (nSPS) is 18.5. The van der Waals surface area contributed by atoms with Crippen molar-refractivity contribution >= 4 is 5.97 Å². The number of ether oxygens (including phenoxy) is 1. The molecule has 0 saturated heterocycles. The fourth-order valence-corrected chi connectivity index (χ4v) is 2.23. The molecule has 0 fully saturated rings. The summed E-state index contributed by atoms with van der Waals surface area (Å²) in [6.07, 6.45) is -5.30. The van der Waals surface area contributed by atoms with Crippen molar-refractivity contribution in [1.29, 1.82) is 0 Å². The molecule has 8 heteroatoms. The van der Waals surface area contributed by atoms with E-state index in [0.717, 1.165) is 4.68 Å². The molecule has 5 nitrogen and oxygen atoms in total. The Labute approximate surface area is 107 Å². The first-order valence-corrected chi connectivity index (χ1v) is 5.85. The molecule has 106 valence electrons. The number of hydrogen-bond donors (Lipinski definition) is 1. The molecule has 1 aliphatic carbocycles. The second-order valence-corrected chi connectivity index (χ2v) is 4.23. The number of fused-ring (bicyclic) bond motifs is 1. The average Bonchev–Trinajstić information content (AvgIpc) is 2.81. The number of esters is 1. The second-order valence-electron chi connectivity index (χ2n) is 4.23. The Morgan fingerprint density at radius 2 is 2.26 bits per heavy atom. The summed E-state index contributed by atoms with van der Waals surface area (Å²) in [6, 6.07) is 0. The number of aliphatic hydroxyl groups is 1. The van der Waals surface area contributed by atoms with Gasteiger partial charge < -0.3 is 9.84 Å². The van der Waals surface area contributed by atoms with Crippen molar-refractivity contribution in [2.45, 2.75) is 38.6 Å². The summed E-state index contributed by atoms with van der Waals surface area (Å²) in [5.74, 6) is -0.680. The van der Waals surface area contributed by atoms with Crippen LogP contribution in [-0.2, 0) is 28.7 Å². The molecule has 1 heterocycles. The maximum atomic E-state index is 12.8. The third kappa shape index (κ3) is 2.58. The van der Waals surface area contributed by atoms with Gasteiger partial charge in [-0.2, -0.15) is 18.3 Å². The molecular weight excluding hydrogens is 265 g/mol. The van der Waals surface area contributed by atoms with Crippen LogP contribution in [-0.4, -0.2) is 27.5 Å². The SMILES string of the molecule is CCOC(=O)Cn1nc(C(F)(F)F)c2c1C(O)CC2. The van der Waals surface area contributed by atoms with Crippen LogP contribution in [0.5, 0.6) is 0 Å². The summed E-state index contributed by atoms with van der Waals surface area (Å²) < 4.78 is 44.0. The highest BCUT2D eigenvalue weighted by molar-refractivity contribution is 5.69. The maximum Gasteiger partial charge on any atom is 0.435 e. The molecule has 1 unspecified atom stereocenters. The maximum absolute atomic E-state index is 12.8. The molecule has 0 amide bonds. The predicted octanol–water partition coefficient (Wildman–Crippen LogP) is 1.44. The van der Waals surface area contributed by atoms with Crippen LogP contribution < -0.4 is 0 Å². The topological polar surface area (TPSA) is 64.4 Å². The molecule has 0 radical (unpaired) electrons. The zero-order chi connectivity index (χ0) is 14.2. The molecule has 0 spiro atoms. The van der Waals surface area contributed by atoms with E-state index in [1.807, 2.05) is 0 Å². The fourth-order valence-electron chi connectivity index (χ4n) is 2.23. The number of aromatic nitrogens is 2. The zero-order valence-corrected chi connectivity index (χ0v) is 10.2. The van der Waals surface area contributed by atoms with Crippen LogP contribution in [0.2, 0.25) is 0 Å². The molecule has 1 aromatic rings. The van der Waals surface area contributed by atoms with Gasteiger partial charge in [0.1, 0.15) is 6.54 Å². The van der Waals surface area contributed by atoms with E-state index < -0.39 is 30.5 Å². The number of carbonyl (C=O) groups excluding carboxylic acids is 1. The van der Waals surface area contributed by atoms with E-state index in [-0.39, 0.29) is 30.7 Å². The van der Waals surface area contributed by atoms with Crippen LogP contribution in [0.25, 0.3) is 0 Å². The molecule has 0 aliphatic heterocycles. The van der Waals surface area contributed by atoms with Gasteiger partial charge >= 0.3 is 12.1 Å². The molecule has 1 N–H and O–H groups in total. The van der Waals surface area contributed by atoms with Crippen molar-refractivity contribution in [3.63, 3.8) is 0 Å². The van der Waals surface area contributed by atoms with E-state index in [9.17, 15) is 23.1 Å². The summed E-state index contributed by atoms with van der Waals surface area (Å²) in [5, 5.41) is 13.1. The molecule has 1 aliphatic rings. The van der Waals surface area contributed by atoms with Crippen molar-refractivity contribution < 1.29 is 27.8 Å². The Kier molecular flexibility index (Phi) is 3.53. The minimum Gasteiger partial charge on any atom is -0.465 e. The number of carbonyl (C=O) groups is 1. The highest BCUT2D eigenvalue weighted by atomic mass is 19.4. The van der Waals surface area contributed by atoms with Gasteiger partial charge in [0.05, 0.1) is 18.4 Å². The van der Waals surface area contributed by atoms with Crippen LogP contribution in [0, 0.1) is 0 Å². The Hall–Kier alpha value is -1.57. The summed E-state index contributed by atoms with van der Waals surface area (Å²) in [7, 11) is 0. The quantitative estimate of drug-likeness (QED) is 0.850. The third-order valence-corrected chi connectivity index (χ3v) is 2.93. The Morgan fingerprint density at radius 3 is 2.84 bits per heavy atom. The van der Waals surface area contributed by atoms with Gasteiger partial charge in [-0.1, -0.05) is 0 Å². The van der Waals surface area contributed by atoms with Gasteiger partial charge in [0.2, 0.25) is 0 Å². The first-order valence-electron chi connectivity index (χ1n) is 5.85. The second kappa shape index (κ2) is 4.84. The Balaban J connectivity index is 2.37. The molecule has 1 atom stereocenters. The zero-order valence-electron chi connectivity index (χ0n) is 10.2. The number of aliphatic hydroxyl groups excluding tert-OH is 1. The first-order chi connectivity index (χ1) is 8.84. The van der Waals surface area contributed by atoms with Crippen molar-refractivity contribution in [2.24, 2.45) is 0 Å². The Morgan fingerprint density at radius 1 is 1.58 bits per heavy atom. The van der Waals surface area contributed by atoms with Crippen LogP contribution in [0.15, 0.2) is 0 Å². The van der Waals surface area contributed by atoms with E-state index in [1.54, 1.807) is 6.92 Å². The summed E-state index contributed by atoms with van der Waals surface area (Å²) in [5.41, 5.74) is -0.979. The van der Waals surface area contributed by atoms with Crippen LogP contribution >= 0.6 is 0 Å². The fraction of sp³-hybridized carbons (Fsp3) is 0.636. The molecular formula is C11H13F3N2O3. The number of halogens is 3. The largest absolute Gasteiger partial charge is 0.465 e. The third-order valence-electron chi connectivity index (χ3n) is 2.93. The monoisotopic (exact) mass is 278 g/mol. The number of hydrogen-bond acceptors (Lipinski definition) is 4. The predicted molar refractivity (Wildman–Crippen MR) is 57.1 cm³/mol. The van der Waals surface area contributed by atoms with Crippen molar-refractivity contribution in [1.82, 2.24) is 9.78 Å². The van der Waals surface area contributed by atoms with Crippen LogP contribution in [0.3, 0.4) is 0 Å². The lowest BCUT2D eigenvalue weighted by Crippen LogP contribution is -2.18. The lowest BCUT2D eigenvalue weighted by molar-refractivity contribution is -0.146. The van der Waals surface area contributed by atoms with Crippen LogP contribution in [0.1, 0.15) is 36.4 Å². The highest BCUT2D eigenvalue weighted by Gasteiger charge is 2.42. The molecule has 0 aromatic carbocycles. The van der Waals surface area contributed by atoms with E-state index >= 15 is 0 Å². The van der Waals surface area contributed by atoms with Gasteiger partial charge in [0, 0.05) is 5.56 Å². The minimum atomic E-state index is -4.59. The van der Waals surface area contributed by atoms with Crippen molar-refractivity contribution in [3.8, 4) is 0 Å². The van der Waals surface area contributed by atoms with E-state index in [2.05, 4.69) is 9.84 Å². The number of rotatable bonds is 3. The van der Waals surface area contributed by atoms with Gasteiger partial charge in [0.15, 0.2) is 5.69 Å². The molecule has 2 rings (SSSR count). The van der Waals surface area contributed by atoms with Crippen molar-refractivity contribution in [2.75, 3.05) is 6.61 Å². The van der Waals surface area contributed by atoms with Crippen LogP contribution in [0.4, 0.5) is 13.2 Å².